The van der Waals surface area contributed by atoms with E-state index in [-0.39, 0.29) is 69.6 Å². The van der Waals surface area contributed by atoms with Gasteiger partial charge in [0, 0.05) is 32.3 Å². The lowest BCUT2D eigenvalue weighted by atomic mass is 9.90. The molecule has 1 aliphatic rings. The van der Waals surface area contributed by atoms with Gasteiger partial charge in [-0.05, 0) is 62.0 Å². The van der Waals surface area contributed by atoms with Crippen LogP contribution in [0, 0.1) is 11.8 Å². The van der Waals surface area contributed by atoms with Gasteiger partial charge in [0.2, 0.25) is 23.6 Å². The van der Waals surface area contributed by atoms with Crippen molar-refractivity contribution >= 4 is 39.5 Å². The molecule has 1 fully saturated rings. The first kappa shape index (κ1) is 53.5. The van der Waals surface area contributed by atoms with Gasteiger partial charge in [-0.15, -0.1) is 5.10 Å². The molecule has 1 saturated heterocycles. The number of nitrogens with one attached hydrogen (secondary N) is 5. The van der Waals surface area contributed by atoms with Gasteiger partial charge in [0.15, 0.2) is 5.78 Å². The Morgan fingerprint density at radius 1 is 0.818 bits per heavy atom. The minimum atomic E-state index is -4.19. The number of hydrogen-bond acceptors (Lipinski definition) is 14. The molecule has 1 aliphatic heterocycles. The first-order valence-electron chi connectivity index (χ1n) is 22.6. The summed E-state index contributed by atoms with van der Waals surface area (Å²) in [5.41, 5.74) is -0.146. The number of aromatic amines is 1. The number of Topliss-reactive ketones (excluding diaryl/α,β-unsaturated/α-hetero) is 1. The van der Waals surface area contributed by atoms with Gasteiger partial charge in [-0.1, -0.05) is 93.6 Å². The summed E-state index contributed by atoms with van der Waals surface area (Å²) in [6, 6.07) is 13.8. The van der Waals surface area contributed by atoms with E-state index in [0.29, 0.717) is 44.0 Å². The number of carbonyl (C=O) groups is 5. The van der Waals surface area contributed by atoms with Crippen molar-refractivity contribution in [2.45, 2.75) is 110 Å². The summed E-state index contributed by atoms with van der Waals surface area (Å²) >= 11 is 0. The summed E-state index contributed by atoms with van der Waals surface area (Å²) in [7, 11) is -4.19. The van der Waals surface area contributed by atoms with E-state index in [1.54, 1.807) is 36.5 Å². The molecule has 6 N–H and O–H groups in total. The number of aromatic nitrogens is 3. The van der Waals surface area contributed by atoms with Crippen LogP contribution in [0.4, 0.5) is 0 Å². The van der Waals surface area contributed by atoms with Crippen molar-refractivity contribution in [3.63, 3.8) is 0 Å². The zero-order valence-corrected chi connectivity index (χ0v) is 39.5. The highest BCUT2D eigenvalue weighted by molar-refractivity contribution is 7.86. The first-order valence-corrected chi connectivity index (χ1v) is 24.1. The Hall–Kier alpha value is -5.12. The van der Waals surface area contributed by atoms with Crippen molar-refractivity contribution in [3.8, 4) is 0 Å². The molecule has 2 heterocycles. The summed E-state index contributed by atoms with van der Waals surface area (Å²) in [4.78, 5) is 71.9. The second-order valence-corrected chi connectivity index (χ2v) is 19.5. The SMILES string of the molecule is CC(C)C[C@H](NC(=O)[C@H](CCc1ccccc1)NC(=O)CN1CCOCC1)C(=O)N[C@@H](Cc1ccccc1)C(=O)N[C@@H](CC(C)C)C(=O)C(C)(O)COS(=O)(=O)CCCOCc1c[nH]nn1. The van der Waals surface area contributed by atoms with Gasteiger partial charge in [0.25, 0.3) is 10.1 Å². The number of ether oxygens (including phenoxy) is 2. The number of amides is 4. The molecular formula is C46H68N8O11S. The fourth-order valence-corrected chi connectivity index (χ4v) is 8.23. The van der Waals surface area contributed by atoms with Crippen LogP contribution in [0.25, 0.3) is 0 Å². The highest BCUT2D eigenvalue weighted by Gasteiger charge is 2.40. The second-order valence-electron chi connectivity index (χ2n) is 17.7. The highest BCUT2D eigenvalue weighted by atomic mass is 32.2. The molecule has 0 bridgehead atoms. The van der Waals surface area contributed by atoms with Crippen molar-refractivity contribution in [3.05, 3.63) is 83.7 Å². The Morgan fingerprint density at radius 3 is 2.02 bits per heavy atom. The van der Waals surface area contributed by atoms with Crippen molar-refractivity contribution < 1.29 is 51.2 Å². The minimum Gasteiger partial charge on any atom is -0.380 e. The van der Waals surface area contributed by atoms with Crippen LogP contribution in [-0.4, -0.2) is 145 Å². The number of benzene rings is 2. The standard InChI is InChI=1S/C46H68N8O11S/c1-32(2)25-38(42(56)46(5,60)31-65-66(61,62)24-12-21-64-30-36-28-47-53-52-36)49-45(59)40(27-35-15-10-7-11-16-35)51-44(58)39(26-33(3)4)50-43(57)37(18-17-34-13-8-6-9-14-34)48-41(55)29-54-19-22-63-23-20-54/h6-11,13-16,28,32-33,37-40,60H,12,17-27,29-31H2,1-5H3,(H,48,55)(H,49,59)(H,50,57)(H,51,58)(H,47,52,53)/t37-,38-,39-,40-,46?/m0/s1. The maximum Gasteiger partial charge on any atom is 0.267 e. The number of hydrogen-bond donors (Lipinski definition) is 6. The average Bonchev–Trinajstić information content (AvgIpc) is 3.80. The van der Waals surface area contributed by atoms with Crippen LogP contribution in [0.1, 0.15) is 77.1 Å². The predicted octanol–water partition coefficient (Wildman–Crippen LogP) is 1.62. The number of nitrogens with zero attached hydrogens (tertiary/aromatic N) is 3. The second kappa shape index (κ2) is 26.9. The number of rotatable bonds is 29. The van der Waals surface area contributed by atoms with E-state index in [1.165, 1.54) is 0 Å². The molecule has 2 aromatic carbocycles. The van der Waals surface area contributed by atoms with Gasteiger partial charge in [-0.25, -0.2) is 0 Å². The van der Waals surface area contributed by atoms with Crippen LogP contribution < -0.4 is 21.3 Å². The Bertz CT molecular complexity index is 2070. The summed E-state index contributed by atoms with van der Waals surface area (Å²) in [6.07, 6.45) is 2.61. The van der Waals surface area contributed by atoms with Gasteiger partial charge < -0.3 is 35.8 Å². The first-order chi connectivity index (χ1) is 31.4. The Labute approximate surface area is 388 Å². The quantitative estimate of drug-likeness (QED) is 0.0427. The van der Waals surface area contributed by atoms with Crippen LogP contribution >= 0.6 is 0 Å². The summed E-state index contributed by atoms with van der Waals surface area (Å²) in [6.45, 7) is 10.1. The molecule has 3 aromatic rings. The lowest BCUT2D eigenvalue weighted by Gasteiger charge is -2.30. The molecule has 0 radical (unpaired) electrons. The number of morpholine rings is 1. The monoisotopic (exact) mass is 940 g/mol. The molecule has 4 amide bonds. The lowest BCUT2D eigenvalue weighted by molar-refractivity contribution is -0.143. The van der Waals surface area contributed by atoms with Gasteiger partial charge in [-0.3, -0.25) is 38.2 Å². The zero-order valence-electron chi connectivity index (χ0n) is 38.7. The highest BCUT2D eigenvalue weighted by Crippen LogP contribution is 2.18. The minimum absolute atomic E-state index is 0.000692. The topological polar surface area (TPSA) is 260 Å². The third kappa shape index (κ3) is 19.4. The number of ketones is 1. The van der Waals surface area contributed by atoms with E-state index in [1.807, 2.05) is 62.9 Å². The molecule has 364 valence electrons. The normalized spacial score (nSPS) is 16.1. The Balaban J connectivity index is 1.47. The van der Waals surface area contributed by atoms with Crippen LogP contribution in [0.2, 0.25) is 0 Å². The van der Waals surface area contributed by atoms with Crippen LogP contribution in [-0.2, 0) is 67.2 Å². The lowest BCUT2D eigenvalue weighted by Crippen LogP contribution is -2.60. The predicted molar refractivity (Wildman–Crippen MR) is 245 cm³/mol. The molecular weight excluding hydrogens is 873 g/mol. The van der Waals surface area contributed by atoms with Crippen molar-refractivity contribution in [2.75, 3.05) is 51.8 Å². The molecule has 19 nitrogen and oxygen atoms in total. The Morgan fingerprint density at radius 2 is 1.39 bits per heavy atom. The number of aryl methyl sites for hydroxylation is 1. The molecule has 1 unspecified atom stereocenters. The fraction of sp³-hybridized carbons (Fsp3) is 0.587. The molecule has 4 rings (SSSR count). The largest absolute Gasteiger partial charge is 0.380 e. The average molecular weight is 941 g/mol. The molecule has 0 aliphatic carbocycles. The van der Waals surface area contributed by atoms with E-state index in [2.05, 4.69) is 36.7 Å². The van der Waals surface area contributed by atoms with Gasteiger partial charge in [-0.2, -0.15) is 8.42 Å². The number of H-pyrrole nitrogens is 1. The molecule has 0 spiro atoms. The molecule has 5 atom stereocenters. The molecule has 0 saturated carbocycles. The number of aliphatic hydroxyl groups is 1. The van der Waals surface area contributed by atoms with Crippen molar-refractivity contribution in [2.24, 2.45) is 11.8 Å². The van der Waals surface area contributed by atoms with Crippen LogP contribution in [0.3, 0.4) is 0 Å². The zero-order chi connectivity index (χ0) is 48.1. The molecule has 20 heteroatoms. The van der Waals surface area contributed by atoms with Crippen LogP contribution in [0.5, 0.6) is 0 Å². The van der Waals surface area contributed by atoms with Crippen molar-refractivity contribution in [1.29, 1.82) is 0 Å². The van der Waals surface area contributed by atoms with Crippen LogP contribution in [0.15, 0.2) is 66.9 Å². The fourth-order valence-electron chi connectivity index (χ4n) is 7.23. The smallest absolute Gasteiger partial charge is 0.267 e. The third-order valence-corrected chi connectivity index (χ3v) is 12.0. The van der Waals surface area contributed by atoms with Gasteiger partial charge in [0.1, 0.15) is 36.0 Å². The third-order valence-electron chi connectivity index (χ3n) is 10.7. The van der Waals surface area contributed by atoms with E-state index < -0.39 is 75.8 Å². The maximum atomic E-state index is 14.3. The molecule has 66 heavy (non-hydrogen) atoms. The number of carbonyl (C=O) groups excluding carboxylic acids is 5. The van der Waals surface area contributed by atoms with E-state index in [0.717, 1.165) is 12.5 Å². The van der Waals surface area contributed by atoms with Crippen molar-refractivity contribution in [1.82, 2.24) is 41.6 Å². The summed E-state index contributed by atoms with van der Waals surface area (Å²) in [5.74, 6) is -3.89. The summed E-state index contributed by atoms with van der Waals surface area (Å²) in [5, 5.41) is 32.5. The van der Waals surface area contributed by atoms with E-state index in [9.17, 15) is 37.5 Å². The van der Waals surface area contributed by atoms with Gasteiger partial charge in [0.05, 0.1) is 38.2 Å². The molecule has 1 aromatic heterocycles. The maximum absolute atomic E-state index is 14.3. The van der Waals surface area contributed by atoms with Gasteiger partial charge >= 0.3 is 0 Å². The summed E-state index contributed by atoms with van der Waals surface area (Å²) < 4.78 is 41.4. The Kier molecular flexibility index (Phi) is 21.8. The van der Waals surface area contributed by atoms with E-state index in [4.69, 9.17) is 13.7 Å². The van der Waals surface area contributed by atoms with E-state index >= 15 is 0 Å².